The van der Waals surface area contributed by atoms with Crippen LogP contribution in [0.15, 0.2) is 24.3 Å². The van der Waals surface area contributed by atoms with E-state index < -0.39 is 9.84 Å². The molecule has 5 heteroatoms. The summed E-state index contributed by atoms with van der Waals surface area (Å²) in [4.78, 5) is 12.3. The SMILES string of the molecule is CC(C)S(=O)(=O)CC1CCC(C(=O)Cc2ccc(F)cc2)CC1. The van der Waals surface area contributed by atoms with Gasteiger partial charge in [0.2, 0.25) is 0 Å². The number of halogens is 1. The second-order valence-corrected chi connectivity index (χ2v) is 9.47. The number of carbonyl (C=O) groups is 1. The van der Waals surface area contributed by atoms with Crippen LogP contribution in [-0.4, -0.2) is 25.2 Å². The average molecular weight is 340 g/mol. The minimum Gasteiger partial charge on any atom is -0.299 e. The number of ketones is 1. The molecule has 3 nitrogen and oxygen atoms in total. The van der Waals surface area contributed by atoms with Crippen LogP contribution < -0.4 is 0 Å². The molecule has 128 valence electrons. The van der Waals surface area contributed by atoms with E-state index in [0.29, 0.717) is 6.42 Å². The minimum atomic E-state index is -3.01. The van der Waals surface area contributed by atoms with E-state index in [1.165, 1.54) is 12.1 Å². The van der Waals surface area contributed by atoms with Crippen molar-refractivity contribution in [1.82, 2.24) is 0 Å². The van der Waals surface area contributed by atoms with Gasteiger partial charge in [-0.25, -0.2) is 12.8 Å². The second-order valence-electron chi connectivity index (χ2n) is 6.87. The third kappa shape index (κ3) is 5.13. The molecule has 0 amide bonds. The van der Waals surface area contributed by atoms with Gasteiger partial charge in [-0.05, 0) is 63.1 Å². The van der Waals surface area contributed by atoms with Crippen molar-refractivity contribution >= 4 is 15.6 Å². The molecule has 1 fully saturated rings. The van der Waals surface area contributed by atoms with E-state index >= 15 is 0 Å². The van der Waals surface area contributed by atoms with Gasteiger partial charge in [0.1, 0.15) is 11.6 Å². The maximum atomic E-state index is 12.9. The molecule has 0 aliphatic heterocycles. The topological polar surface area (TPSA) is 51.2 Å². The molecule has 0 atom stereocenters. The Morgan fingerprint density at radius 2 is 1.70 bits per heavy atom. The molecule has 0 aromatic heterocycles. The zero-order chi connectivity index (χ0) is 17.0. The molecule has 1 aliphatic carbocycles. The second kappa shape index (κ2) is 7.56. The zero-order valence-corrected chi connectivity index (χ0v) is 14.6. The van der Waals surface area contributed by atoms with E-state index in [-0.39, 0.29) is 34.4 Å². The van der Waals surface area contributed by atoms with E-state index in [4.69, 9.17) is 0 Å². The van der Waals surface area contributed by atoms with Crippen molar-refractivity contribution in [2.75, 3.05) is 5.75 Å². The molecule has 0 spiro atoms. The van der Waals surface area contributed by atoms with Crippen LogP contribution in [0.4, 0.5) is 4.39 Å². The first-order valence-corrected chi connectivity index (χ1v) is 9.98. The Balaban J connectivity index is 1.84. The summed E-state index contributed by atoms with van der Waals surface area (Å²) in [6.45, 7) is 3.43. The van der Waals surface area contributed by atoms with Crippen LogP contribution in [0.5, 0.6) is 0 Å². The number of carbonyl (C=O) groups excluding carboxylic acids is 1. The summed E-state index contributed by atoms with van der Waals surface area (Å²) < 4.78 is 36.8. The first-order chi connectivity index (χ1) is 10.8. The van der Waals surface area contributed by atoms with Gasteiger partial charge in [0, 0.05) is 12.3 Å². The highest BCUT2D eigenvalue weighted by molar-refractivity contribution is 7.91. The third-order valence-electron chi connectivity index (χ3n) is 4.78. The molecule has 23 heavy (non-hydrogen) atoms. The Hall–Kier alpha value is -1.23. The Morgan fingerprint density at radius 3 is 2.22 bits per heavy atom. The quantitative estimate of drug-likeness (QED) is 0.795. The number of benzene rings is 1. The van der Waals surface area contributed by atoms with E-state index in [2.05, 4.69) is 0 Å². The average Bonchev–Trinajstić information content (AvgIpc) is 2.49. The predicted molar refractivity (Wildman–Crippen MR) is 89.5 cm³/mol. The molecule has 0 saturated heterocycles. The van der Waals surface area contributed by atoms with E-state index in [0.717, 1.165) is 31.2 Å². The van der Waals surface area contributed by atoms with Gasteiger partial charge in [-0.15, -0.1) is 0 Å². The maximum absolute atomic E-state index is 12.9. The highest BCUT2D eigenvalue weighted by Gasteiger charge is 2.29. The van der Waals surface area contributed by atoms with Gasteiger partial charge < -0.3 is 0 Å². The molecule has 0 bridgehead atoms. The number of rotatable bonds is 6. The zero-order valence-electron chi connectivity index (χ0n) is 13.8. The molecule has 2 rings (SSSR count). The van der Waals surface area contributed by atoms with Crippen molar-refractivity contribution in [3.63, 3.8) is 0 Å². The lowest BCUT2D eigenvalue weighted by atomic mass is 9.79. The Kier molecular flexibility index (Phi) is 5.95. The summed E-state index contributed by atoms with van der Waals surface area (Å²) >= 11 is 0. The van der Waals surface area contributed by atoms with E-state index in [9.17, 15) is 17.6 Å². The van der Waals surface area contributed by atoms with Gasteiger partial charge in [0.15, 0.2) is 9.84 Å². The maximum Gasteiger partial charge on any atom is 0.152 e. The first-order valence-electron chi connectivity index (χ1n) is 8.26. The van der Waals surface area contributed by atoms with Crippen LogP contribution >= 0.6 is 0 Å². The molecular weight excluding hydrogens is 315 g/mol. The van der Waals surface area contributed by atoms with Crippen LogP contribution in [-0.2, 0) is 21.1 Å². The molecule has 0 N–H and O–H groups in total. The standard InChI is InChI=1S/C18H25FO3S/c1-13(2)23(21,22)12-15-3-7-16(8-4-15)18(20)11-14-5-9-17(19)10-6-14/h5-6,9-10,13,15-16H,3-4,7-8,11-12H2,1-2H3. The number of sulfone groups is 1. The van der Waals surface area contributed by atoms with E-state index in [1.807, 2.05) is 0 Å². The predicted octanol–water partition coefficient (Wildman–Crippen LogP) is 3.57. The van der Waals surface area contributed by atoms with Crippen molar-refractivity contribution in [2.45, 2.75) is 51.2 Å². The lowest BCUT2D eigenvalue weighted by molar-refractivity contribution is -0.123. The highest BCUT2D eigenvalue weighted by Crippen LogP contribution is 2.31. The normalized spacial score (nSPS) is 22.3. The van der Waals surface area contributed by atoms with Gasteiger partial charge in [0.25, 0.3) is 0 Å². The molecular formula is C18H25FO3S. The van der Waals surface area contributed by atoms with Gasteiger partial charge in [-0.3, -0.25) is 4.79 Å². The number of hydrogen-bond donors (Lipinski definition) is 0. The first kappa shape index (κ1) is 18.1. The Bertz CT molecular complexity index is 627. The van der Waals surface area contributed by atoms with Gasteiger partial charge in [-0.2, -0.15) is 0 Å². The van der Waals surface area contributed by atoms with Crippen LogP contribution in [0, 0.1) is 17.7 Å². The number of Topliss-reactive ketones (excluding diaryl/α,β-unsaturated/α-hetero) is 1. The molecule has 0 radical (unpaired) electrons. The van der Waals surface area contributed by atoms with Crippen LogP contribution in [0.3, 0.4) is 0 Å². The van der Waals surface area contributed by atoms with Crippen molar-refractivity contribution in [3.05, 3.63) is 35.6 Å². The summed E-state index contributed by atoms with van der Waals surface area (Å²) in [6.07, 6.45) is 3.45. The Morgan fingerprint density at radius 1 is 1.13 bits per heavy atom. The Labute approximate surface area is 138 Å². The van der Waals surface area contributed by atoms with Crippen LogP contribution in [0.25, 0.3) is 0 Å². The summed E-state index contributed by atoms with van der Waals surface area (Å²) in [5, 5.41) is -0.333. The number of hydrogen-bond acceptors (Lipinski definition) is 3. The fourth-order valence-corrected chi connectivity index (χ4v) is 4.50. The lowest BCUT2D eigenvalue weighted by Gasteiger charge is -2.28. The molecule has 1 saturated carbocycles. The van der Waals surface area contributed by atoms with Crippen molar-refractivity contribution in [3.8, 4) is 0 Å². The van der Waals surface area contributed by atoms with Crippen molar-refractivity contribution < 1.29 is 17.6 Å². The summed E-state index contributed by atoms with van der Waals surface area (Å²) in [5.41, 5.74) is 0.834. The van der Waals surface area contributed by atoms with E-state index in [1.54, 1.807) is 26.0 Å². The third-order valence-corrected chi connectivity index (χ3v) is 7.15. The monoisotopic (exact) mass is 340 g/mol. The van der Waals surface area contributed by atoms with Gasteiger partial charge in [-0.1, -0.05) is 12.1 Å². The molecule has 0 unspecified atom stereocenters. The molecule has 1 aliphatic rings. The fourth-order valence-electron chi connectivity index (χ4n) is 3.12. The molecule has 0 heterocycles. The summed E-state index contributed by atoms with van der Waals surface area (Å²) in [7, 11) is -3.01. The van der Waals surface area contributed by atoms with Crippen molar-refractivity contribution in [1.29, 1.82) is 0 Å². The lowest BCUT2D eigenvalue weighted by Crippen LogP contribution is -2.29. The summed E-state index contributed by atoms with van der Waals surface area (Å²) in [5.74, 6) is 0.314. The van der Waals surface area contributed by atoms with Gasteiger partial charge in [0.05, 0.1) is 11.0 Å². The largest absolute Gasteiger partial charge is 0.299 e. The van der Waals surface area contributed by atoms with Crippen LogP contribution in [0.2, 0.25) is 0 Å². The minimum absolute atomic E-state index is 0.0121. The van der Waals surface area contributed by atoms with Crippen molar-refractivity contribution in [2.24, 2.45) is 11.8 Å². The highest BCUT2D eigenvalue weighted by atomic mass is 32.2. The molecule has 1 aromatic rings. The van der Waals surface area contributed by atoms with Gasteiger partial charge >= 0.3 is 0 Å². The molecule has 1 aromatic carbocycles. The summed E-state index contributed by atoms with van der Waals surface area (Å²) in [6, 6.07) is 6.04. The fraction of sp³-hybridized carbons (Fsp3) is 0.611. The smallest absolute Gasteiger partial charge is 0.152 e. The van der Waals surface area contributed by atoms with Crippen LogP contribution in [0.1, 0.15) is 45.1 Å².